The second kappa shape index (κ2) is 3.34. The second-order valence-electron chi connectivity index (χ2n) is 2.80. The van der Waals surface area contributed by atoms with E-state index in [0.717, 1.165) is 16.8 Å². The monoisotopic (exact) mass is 232 g/mol. The van der Waals surface area contributed by atoms with E-state index >= 15 is 0 Å². The largest absolute Gasteiger partial charge is 0.291 e. The van der Waals surface area contributed by atoms with Crippen LogP contribution in [0, 0.1) is 0 Å². The van der Waals surface area contributed by atoms with Crippen molar-refractivity contribution in [1.29, 1.82) is 0 Å². The summed E-state index contributed by atoms with van der Waals surface area (Å²) in [5.41, 5.74) is 0.785. The van der Waals surface area contributed by atoms with Gasteiger partial charge in [-0.05, 0) is 0 Å². The highest BCUT2D eigenvalue weighted by Crippen LogP contribution is 2.16. The molecule has 2 aromatic rings. The van der Waals surface area contributed by atoms with Crippen molar-refractivity contribution >= 4 is 26.3 Å². The molecule has 2 heterocycles. The lowest BCUT2D eigenvalue weighted by Crippen LogP contribution is -2.03. The molecule has 0 saturated heterocycles. The van der Waals surface area contributed by atoms with Gasteiger partial charge in [0.25, 0.3) is 10.1 Å². The Morgan fingerprint density at radius 1 is 1.64 bits per heavy atom. The van der Waals surface area contributed by atoms with E-state index in [2.05, 4.69) is 9.17 Å². The first-order chi connectivity index (χ1) is 6.56. The average Bonchev–Trinajstić information content (AvgIpc) is 2.59. The number of aromatic nitrogens is 2. The van der Waals surface area contributed by atoms with Gasteiger partial charge in [0.15, 0.2) is 0 Å². The highest BCUT2D eigenvalue weighted by Gasteiger charge is 2.07. The van der Waals surface area contributed by atoms with Crippen LogP contribution in [0.2, 0.25) is 0 Å². The number of hydrogen-bond acceptors (Lipinski definition) is 5. The molecule has 0 N–H and O–H groups in total. The van der Waals surface area contributed by atoms with E-state index in [1.165, 1.54) is 11.3 Å². The molecule has 0 atom stereocenters. The summed E-state index contributed by atoms with van der Waals surface area (Å²) in [4.78, 5) is 4.90. The summed E-state index contributed by atoms with van der Waals surface area (Å²) in [5, 5.41) is 1.85. The Balaban J connectivity index is 2.24. The minimum absolute atomic E-state index is 0.0508. The van der Waals surface area contributed by atoms with Crippen LogP contribution in [0.15, 0.2) is 17.9 Å². The van der Waals surface area contributed by atoms with Crippen molar-refractivity contribution in [2.75, 3.05) is 6.26 Å². The molecule has 7 heteroatoms. The third-order valence-corrected chi connectivity index (χ3v) is 3.13. The fourth-order valence-electron chi connectivity index (χ4n) is 1.04. The van der Waals surface area contributed by atoms with Crippen molar-refractivity contribution in [2.24, 2.45) is 0 Å². The lowest BCUT2D eigenvalue weighted by molar-refractivity contribution is 0.306. The van der Waals surface area contributed by atoms with E-state index in [0.29, 0.717) is 0 Å². The Labute approximate surface area is 85.1 Å². The van der Waals surface area contributed by atoms with E-state index < -0.39 is 10.1 Å². The zero-order chi connectivity index (χ0) is 10.2. The molecule has 0 aliphatic heterocycles. The third kappa shape index (κ3) is 1.94. The lowest BCUT2D eigenvalue weighted by Gasteiger charge is -1.99. The maximum atomic E-state index is 10.8. The summed E-state index contributed by atoms with van der Waals surface area (Å²) < 4.78 is 28.0. The normalized spacial score (nSPS) is 12.4. The predicted molar refractivity (Wildman–Crippen MR) is 52.7 cm³/mol. The molecule has 2 aromatic heterocycles. The molecule has 0 spiro atoms. The van der Waals surface area contributed by atoms with E-state index in [1.54, 1.807) is 16.9 Å². The van der Waals surface area contributed by atoms with E-state index in [1.807, 2.05) is 5.38 Å². The van der Waals surface area contributed by atoms with E-state index in [-0.39, 0.29) is 6.61 Å². The second-order valence-corrected chi connectivity index (χ2v) is 5.33. The van der Waals surface area contributed by atoms with Gasteiger partial charge in [-0.25, -0.2) is 4.98 Å². The Hall–Kier alpha value is -0.920. The fourth-order valence-corrected chi connectivity index (χ4v) is 2.21. The average molecular weight is 232 g/mol. The first kappa shape index (κ1) is 9.63. The zero-order valence-corrected chi connectivity index (χ0v) is 9.01. The molecule has 0 amide bonds. The van der Waals surface area contributed by atoms with Crippen LogP contribution in [-0.2, 0) is 20.9 Å². The highest BCUT2D eigenvalue weighted by molar-refractivity contribution is 7.85. The summed E-state index contributed by atoms with van der Waals surface area (Å²) in [6.07, 6.45) is 4.38. The molecule has 0 unspecified atom stereocenters. The Bertz CT molecular complexity index is 540. The maximum absolute atomic E-state index is 10.8. The van der Waals surface area contributed by atoms with Crippen LogP contribution in [0.3, 0.4) is 0 Å². The molecule has 0 saturated carbocycles. The molecule has 0 radical (unpaired) electrons. The summed E-state index contributed by atoms with van der Waals surface area (Å²) in [5.74, 6) is 0. The molecule has 0 aliphatic rings. The molecule has 0 aliphatic carbocycles. The topological polar surface area (TPSA) is 60.7 Å². The number of thiazole rings is 1. The smallest absolute Gasteiger partial charge is 0.264 e. The molecule has 2 rings (SSSR count). The van der Waals surface area contributed by atoms with Gasteiger partial charge >= 0.3 is 0 Å². The van der Waals surface area contributed by atoms with Crippen LogP contribution < -0.4 is 0 Å². The zero-order valence-electron chi connectivity index (χ0n) is 7.37. The molecular weight excluding hydrogens is 224 g/mol. The van der Waals surface area contributed by atoms with Gasteiger partial charge in [0.05, 0.1) is 18.1 Å². The van der Waals surface area contributed by atoms with Crippen molar-refractivity contribution < 1.29 is 12.6 Å². The van der Waals surface area contributed by atoms with Crippen LogP contribution >= 0.6 is 11.3 Å². The van der Waals surface area contributed by atoms with Crippen LogP contribution in [0.5, 0.6) is 0 Å². The minimum Gasteiger partial charge on any atom is -0.291 e. The molecule has 14 heavy (non-hydrogen) atoms. The van der Waals surface area contributed by atoms with Gasteiger partial charge in [0.1, 0.15) is 17.8 Å². The van der Waals surface area contributed by atoms with Crippen molar-refractivity contribution in [3.63, 3.8) is 0 Å². The number of imidazole rings is 1. The first-order valence-electron chi connectivity index (χ1n) is 3.79. The van der Waals surface area contributed by atoms with Crippen molar-refractivity contribution in [3.05, 3.63) is 23.6 Å². The summed E-state index contributed by atoms with van der Waals surface area (Å²) in [6, 6.07) is 0. The van der Waals surface area contributed by atoms with Gasteiger partial charge in [0.2, 0.25) is 0 Å². The van der Waals surface area contributed by atoms with Gasteiger partial charge in [-0.1, -0.05) is 0 Å². The fraction of sp³-hybridized carbons (Fsp3) is 0.286. The maximum Gasteiger partial charge on any atom is 0.264 e. The highest BCUT2D eigenvalue weighted by atomic mass is 32.2. The van der Waals surface area contributed by atoms with Crippen molar-refractivity contribution in [2.45, 2.75) is 6.61 Å². The Morgan fingerprint density at radius 2 is 2.43 bits per heavy atom. The Kier molecular flexibility index (Phi) is 2.30. The minimum atomic E-state index is -3.38. The van der Waals surface area contributed by atoms with Gasteiger partial charge in [0, 0.05) is 5.38 Å². The SMILES string of the molecule is CS(=O)(=O)OCc1csc2cncn12. The molecular formula is C7H8N2O3S2. The number of rotatable bonds is 3. The predicted octanol–water partition coefficient (Wildman–Crippen LogP) is 0.872. The molecule has 5 nitrogen and oxygen atoms in total. The summed E-state index contributed by atoms with van der Waals surface area (Å²) >= 11 is 1.50. The molecule has 76 valence electrons. The van der Waals surface area contributed by atoms with Crippen LogP contribution in [0.1, 0.15) is 5.69 Å². The van der Waals surface area contributed by atoms with E-state index in [9.17, 15) is 8.42 Å². The van der Waals surface area contributed by atoms with Crippen molar-refractivity contribution in [1.82, 2.24) is 9.38 Å². The molecule has 0 bridgehead atoms. The van der Waals surface area contributed by atoms with Crippen LogP contribution in [0.4, 0.5) is 0 Å². The van der Waals surface area contributed by atoms with Crippen LogP contribution in [0.25, 0.3) is 4.83 Å². The van der Waals surface area contributed by atoms with Gasteiger partial charge < -0.3 is 0 Å². The third-order valence-electron chi connectivity index (χ3n) is 1.65. The Morgan fingerprint density at radius 3 is 3.14 bits per heavy atom. The number of hydrogen-bond donors (Lipinski definition) is 0. The summed E-state index contributed by atoms with van der Waals surface area (Å²) in [7, 11) is -3.38. The van der Waals surface area contributed by atoms with Gasteiger partial charge in [-0.2, -0.15) is 8.42 Å². The van der Waals surface area contributed by atoms with Crippen molar-refractivity contribution in [3.8, 4) is 0 Å². The van der Waals surface area contributed by atoms with Crippen LogP contribution in [-0.4, -0.2) is 24.1 Å². The quantitative estimate of drug-likeness (QED) is 0.737. The molecule has 0 fully saturated rings. The summed E-state index contributed by atoms with van der Waals surface area (Å²) in [6.45, 7) is 0.0508. The lowest BCUT2D eigenvalue weighted by atomic mass is 10.5. The number of fused-ring (bicyclic) bond motifs is 1. The standard InChI is InChI=1S/C7H8N2O3S2/c1-14(10,11)12-3-6-4-13-7-2-8-5-9(6)7/h2,4-5H,3H2,1H3. The van der Waals surface area contributed by atoms with E-state index in [4.69, 9.17) is 0 Å². The first-order valence-corrected chi connectivity index (χ1v) is 6.49. The number of nitrogens with zero attached hydrogens (tertiary/aromatic N) is 2. The van der Waals surface area contributed by atoms with Gasteiger partial charge in [-0.15, -0.1) is 11.3 Å². The van der Waals surface area contributed by atoms with Gasteiger partial charge in [-0.3, -0.25) is 8.58 Å². The molecule has 0 aromatic carbocycles.